The second-order valence-corrected chi connectivity index (χ2v) is 3.97. The SMILES string of the molecule is COC(CC(C)C)(OC)C(C)C. The molecule has 74 valence electrons. The van der Waals surface area contributed by atoms with E-state index in [0.717, 1.165) is 6.42 Å². The summed E-state index contributed by atoms with van der Waals surface area (Å²) < 4.78 is 10.9. The Morgan fingerprint density at radius 2 is 1.42 bits per heavy atom. The molecule has 0 aromatic heterocycles. The van der Waals surface area contributed by atoms with Crippen molar-refractivity contribution in [3.05, 3.63) is 0 Å². The Labute approximate surface area is 76.3 Å². The van der Waals surface area contributed by atoms with Crippen LogP contribution >= 0.6 is 0 Å². The van der Waals surface area contributed by atoms with Crippen LogP contribution in [0.2, 0.25) is 0 Å². The van der Waals surface area contributed by atoms with Crippen LogP contribution in [0.5, 0.6) is 0 Å². The molecule has 0 aliphatic carbocycles. The van der Waals surface area contributed by atoms with Crippen molar-refractivity contribution in [2.45, 2.75) is 39.9 Å². The Morgan fingerprint density at radius 1 is 1.00 bits per heavy atom. The molecule has 2 nitrogen and oxygen atoms in total. The van der Waals surface area contributed by atoms with Gasteiger partial charge in [-0.15, -0.1) is 0 Å². The minimum Gasteiger partial charge on any atom is -0.353 e. The highest BCUT2D eigenvalue weighted by Crippen LogP contribution is 2.29. The fourth-order valence-electron chi connectivity index (χ4n) is 1.53. The van der Waals surface area contributed by atoms with Crippen molar-refractivity contribution < 1.29 is 9.47 Å². The van der Waals surface area contributed by atoms with Crippen molar-refractivity contribution in [1.82, 2.24) is 0 Å². The molecule has 0 atom stereocenters. The molecule has 0 aliphatic rings. The van der Waals surface area contributed by atoms with E-state index in [4.69, 9.17) is 9.47 Å². The molecule has 0 aromatic rings. The van der Waals surface area contributed by atoms with E-state index in [2.05, 4.69) is 27.7 Å². The van der Waals surface area contributed by atoms with Crippen molar-refractivity contribution in [2.75, 3.05) is 14.2 Å². The van der Waals surface area contributed by atoms with Crippen molar-refractivity contribution in [3.63, 3.8) is 0 Å². The summed E-state index contributed by atoms with van der Waals surface area (Å²) in [5, 5.41) is 0. The lowest BCUT2D eigenvalue weighted by molar-refractivity contribution is -0.241. The van der Waals surface area contributed by atoms with Crippen LogP contribution in [-0.2, 0) is 9.47 Å². The molecule has 12 heavy (non-hydrogen) atoms. The Bertz CT molecular complexity index is 115. The van der Waals surface area contributed by atoms with Gasteiger partial charge in [-0.2, -0.15) is 0 Å². The normalized spacial score (nSPS) is 13.0. The molecule has 0 N–H and O–H groups in total. The number of rotatable bonds is 5. The molecular formula is C10H22O2. The molecule has 2 heteroatoms. The Kier molecular flexibility index (Phi) is 4.80. The van der Waals surface area contributed by atoms with E-state index in [1.165, 1.54) is 0 Å². The minimum atomic E-state index is -0.395. The first-order valence-electron chi connectivity index (χ1n) is 4.58. The molecular weight excluding hydrogens is 152 g/mol. The van der Waals surface area contributed by atoms with Crippen molar-refractivity contribution in [1.29, 1.82) is 0 Å². The molecule has 0 heterocycles. The van der Waals surface area contributed by atoms with Gasteiger partial charge in [0.25, 0.3) is 0 Å². The number of hydrogen-bond acceptors (Lipinski definition) is 2. The van der Waals surface area contributed by atoms with Gasteiger partial charge in [-0.25, -0.2) is 0 Å². The molecule has 0 rings (SSSR count). The van der Waals surface area contributed by atoms with Gasteiger partial charge in [-0.1, -0.05) is 27.7 Å². The molecule has 0 unspecified atom stereocenters. The summed E-state index contributed by atoms with van der Waals surface area (Å²) in [6, 6.07) is 0. The van der Waals surface area contributed by atoms with Crippen LogP contribution in [0.4, 0.5) is 0 Å². The third-order valence-corrected chi connectivity index (χ3v) is 2.26. The van der Waals surface area contributed by atoms with Gasteiger partial charge in [0, 0.05) is 26.6 Å². The fourth-order valence-corrected chi connectivity index (χ4v) is 1.53. The van der Waals surface area contributed by atoms with Gasteiger partial charge in [0.1, 0.15) is 0 Å². The lowest BCUT2D eigenvalue weighted by atomic mass is 9.93. The van der Waals surface area contributed by atoms with E-state index < -0.39 is 5.79 Å². The van der Waals surface area contributed by atoms with Crippen LogP contribution in [0.3, 0.4) is 0 Å². The summed E-state index contributed by atoms with van der Waals surface area (Å²) in [5.74, 6) is 0.580. The van der Waals surface area contributed by atoms with Crippen molar-refractivity contribution in [2.24, 2.45) is 11.8 Å². The third kappa shape index (κ3) is 2.76. The maximum Gasteiger partial charge on any atom is 0.170 e. The van der Waals surface area contributed by atoms with Crippen molar-refractivity contribution >= 4 is 0 Å². The highest BCUT2D eigenvalue weighted by molar-refractivity contribution is 4.74. The topological polar surface area (TPSA) is 18.5 Å². The van der Waals surface area contributed by atoms with Gasteiger partial charge in [0.15, 0.2) is 5.79 Å². The van der Waals surface area contributed by atoms with Gasteiger partial charge in [-0.3, -0.25) is 0 Å². The largest absolute Gasteiger partial charge is 0.353 e. The smallest absolute Gasteiger partial charge is 0.170 e. The standard InChI is InChI=1S/C10H22O2/c1-8(2)7-10(11-5,12-6)9(3)4/h8-9H,7H2,1-6H3. The highest BCUT2D eigenvalue weighted by Gasteiger charge is 2.34. The summed E-state index contributed by atoms with van der Waals surface area (Å²) in [6.45, 7) is 8.59. The Balaban J connectivity index is 4.35. The third-order valence-electron chi connectivity index (χ3n) is 2.26. The second-order valence-electron chi connectivity index (χ2n) is 3.97. The van der Waals surface area contributed by atoms with Gasteiger partial charge < -0.3 is 9.47 Å². The van der Waals surface area contributed by atoms with Gasteiger partial charge >= 0.3 is 0 Å². The first kappa shape index (κ1) is 11.9. The summed E-state index contributed by atoms with van der Waals surface area (Å²) in [6.07, 6.45) is 0.942. The Hall–Kier alpha value is -0.0800. The molecule has 0 saturated carbocycles. The monoisotopic (exact) mass is 174 g/mol. The van der Waals surface area contributed by atoms with Crippen LogP contribution < -0.4 is 0 Å². The molecule has 0 saturated heterocycles. The lowest BCUT2D eigenvalue weighted by Gasteiger charge is -2.36. The van der Waals surface area contributed by atoms with E-state index >= 15 is 0 Å². The molecule has 0 fully saturated rings. The first-order valence-corrected chi connectivity index (χ1v) is 4.58. The van der Waals surface area contributed by atoms with Gasteiger partial charge in [0.2, 0.25) is 0 Å². The average Bonchev–Trinajstić information content (AvgIpc) is 1.99. The van der Waals surface area contributed by atoms with E-state index in [1.807, 2.05) is 0 Å². The van der Waals surface area contributed by atoms with Crippen LogP contribution in [-0.4, -0.2) is 20.0 Å². The zero-order chi connectivity index (χ0) is 9.78. The number of ether oxygens (including phenoxy) is 2. The molecule has 0 aliphatic heterocycles. The predicted molar refractivity (Wildman–Crippen MR) is 51.0 cm³/mol. The summed E-state index contributed by atoms with van der Waals surface area (Å²) in [4.78, 5) is 0. The van der Waals surface area contributed by atoms with E-state index in [0.29, 0.717) is 11.8 Å². The molecule has 0 radical (unpaired) electrons. The quantitative estimate of drug-likeness (QED) is 0.597. The summed E-state index contributed by atoms with van der Waals surface area (Å²) in [5.41, 5.74) is 0. The van der Waals surface area contributed by atoms with Crippen LogP contribution in [0, 0.1) is 11.8 Å². The van der Waals surface area contributed by atoms with E-state index in [-0.39, 0.29) is 0 Å². The Morgan fingerprint density at radius 3 is 1.50 bits per heavy atom. The van der Waals surface area contributed by atoms with Gasteiger partial charge in [-0.05, 0) is 5.92 Å². The zero-order valence-corrected chi connectivity index (χ0v) is 9.18. The van der Waals surface area contributed by atoms with E-state index in [9.17, 15) is 0 Å². The predicted octanol–water partition coefficient (Wildman–Crippen LogP) is 2.68. The molecule has 0 spiro atoms. The number of hydrogen-bond donors (Lipinski definition) is 0. The fraction of sp³-hybridized carbons (Fsp3) is 1.00. The average molecular weight is 174 g/mol. The van der Waals surface area contributed by atoms with Crippen molar-refractivity contribution in [3.8, 4) is 0 Å². The van der Waals surface area contributed by atoms with Gasteiger partial charge in [0.05, 0.1) is 0 Å². The number of methoxy groups -OCH3 is 2. The zero-order valence-electron chi connectivity index (χ0n) is 9.18. The van der Waals surface area contributed by atoms with Crippen LogP contribution in [0.15, 0.2) is 0 Å². The summed E-state index contributed by atoms with van der Waals surface area (Å²) >= 11 is 0. The van der Waals surface area contributed by atoms with E-state index in [1.54, 1.807) is 14.2 Å². The highest BCUT2D eigenvalue weighted by atomic mass is 16.7. The maximum absolute atomic E-state index is 5.44. The maximum atomic E-state index is 5.44. The van der Waals surface area contributed by atoms with Crippen LogP contribution in [0.1, 0.15) is 34.1 Å². The second kappa shape index (κ2) is 4.83. The minimum absolute atomic E-state index is 0.384. The molecule has 0 aromatic carbocycles. The lowest BCUT2D eigenvalue weighted by Crippen LogP contribution is -2.40. The summed E-state index contributed by atoms with van der Waals surface area (Å²) in [7, 11) is 3.43. The molecule has 0 amide bonds. The van der Waals surface area contributed by atoms with Crippen LogP contribution in [0.25, 0.3) is 0 Å². The molecule has 0 bridgehead atoms. The first-order chi connectivity index (χ1) is 5.48.